The molecule has 1 aliphatic carbocycles. The topological polar surface area (TPSA) is 17.1 Å². The summed E-state index contributed by atoms with van der Waals surface area (Å²) in [6.45, 7) is 8.26. The fraction of sp³-hybridized carbons (Fsp3) is 0.545. The lowest BCUT2D eigenvalue weighted by molar-refractivity contribution is -0.111. The van der Waals surface area contributed by atoms with E-state index in [-0.39, 0.29) is 15.5 Å². The van der Waals surface area contributed by atoms with Gasteiger partial charge in [0.25, 0.3) is 0 Å². The van der Waals surface area contributed by atoms with Crippen molar-refractivity contribution in [2.75, 3.05) is 0 Å². The van der Waals surface area contributed by atoms with Crippen LogP contribution in [0.25, 0.3) is 0 Å². The van der Waals surface area contributed by atoms with Crippen LogP contribution < -0.4 is 0 Å². The third-order valence-electron chi connectivity index (χ3n) is 2.49. The van der Waals surface area contributed by atoms with Crippen molar-refractivity contribution < 1.29 is 4.79 Å². The van der Waals surface area contributed by atoms with Crippen LogP contribution in [0.5, 0.6) is 0 Å². The maximum absolute atomic E-state index is 11.5. The Morgan fingerprint density at radius 2 is 1.79 bits per heavy atom. The summed E-state index contributed by atoms with van der Waals surface area (Å²) in [7, 11) is 0. The van der Waals surface area contributed by atoms with Crippen molar-refractivity contribution in [2.24, 2.45) is 5.41 Å². The van der Waals surface area contributed by atoms with E-state index in [0.29, 0.717) is 4.48 Å². The maximum Gasteiger partial charge on any atom is 0.195 e. The van der Waals surface area contributed by atoms with E-state index in [1.165, 1.54) is 0 Å². The van der Waals surface area contributed by atoms with Crippen molar-refractivity contribution in [2.45, 2.75) is 32.0 Å². The van der Waals surface area contributed by atoms with Crippen molar-refractivity contribution in [3.8, 4) is 0 Å². The summed E-state index contributed by atoms with van der Waals surface area (Å²) in [6, 6.07) is 0. The first kappa shape index (κ1) is 12.2. The number of hydrogen-bond acceptors (Lipinski definition) is 1. The van der Waals surface area contributed by atoms with Gasteiger partial charge < -0.3 is 0 Å². The molecule has 1 unspecified atom stereocenters. The van der Waals surface area contributed by atoms with E-state index in [9.17, 15) is 4.79 Å². The summed E-state index contributed by atoms with van der Waals surface area (Å²) in [5.41, 5.74) is 0.819. The lowest BCUT2D eigenvalue weighted by atomic mass is 9.77. The number of ketones is 1. The number of carbonyl (C=O) groups excluding carboxylic acids is 1. The zero-order valence-corrected chi connectivity index (χ0v) is 12.0. The van der Waals surface area contributed by atoms with Crippen LogP contribution in [0.2, 0.25) is 0 Å². The zero-order chi connectivity index (χ0) is 11.1. The van der Waals surface area contributed by atoms with Crippen molar-refractivity contribution in [1.29, 1.82) is 0 Å². The molecule has 0 fully saturated rings. The average molecular weight is 322 g/mol. The molecule has 1 aliphatic rings. The van der Waals surface area contributed by atoms with Gasteiger partial charge >= 0.3 is 0 Å². The summed E-state index contributed by atoms with van der Waals surface area (Å²) in [5.74, 6) is 0.0734. The first-order valence-corrected chi connectivity index (χ1v) is 6.07. The van der Waals surface area contributed by atoms with E-state index < -0.39 is 0 Å². The van der Waals surface area contributed by atoms with E-state index >= 15 is 0 Å². The highest BCUT2D eigenvalue weighted by Gasteiger charge is 2.39. The second kappa shape index (κ2) is 3.60. The van der Waals surface area contributed by atoms with Crippen LogP contribution in [0, 0.1) is 5.41 Å². The Morgan fingerprint density at radius 3 is 2.14 bits per heavy atom. The molecule has 0 aliphatic heterocycles. The van der Waals surface area contributed by atoms with Gasteiger partial charge in [-0.2, -0.15) is 0 Å². The number of hydrogen-bond donors (Lipinski definition) is 0. The molecular formula is C11H14Br2O. The fourth-order valence-electron chi connectivity index (χ4n) is 1.29. The molecule has 0 saturated heterocycles. The van der Waals surface area contributed by atoms with E-state index in [1.54, 1.807) is 0 Å². The van der Waals surface area contributed by atoms with Crippen molar-refractivity contribution in [3.05, 3.63) is 22.2 Å². The van der Waals surface area contributed by atoms with Gasteiger partial charge in [0.05, 0.1) is 8.81 Å². The smallest absolute Gasteiger partial charge is 0.195 e. The molecule has 0 aromatic heterocycles. The number of carbonyl (C=O) groups is 1. The Kier molecular flexibility index (Phi) is 3.13. The minimum atomic E-state index is -0.239. The summed E-state index contributed by atoms with van der Waals surface area (Å²) >= 11 is 6.99. The average Bonchev–Trinajstić information content (AvgIpc) is 1.98. The molecule has 1 atom stereocenters. The third kappa shape index (κ3) is 2.03. The van der Waals surface area contributed by atoms with Crippen molar-refractivity contribution in [1.82, 2.24) is 0 Å². The second-order valence-electron chi connectivity index (χ2n) is 4.67. The number of rotatable bonds is 0. The highest BCUT2D eigenvalue weighted by Crippen LogP contribution is 2.45. The number of Topliss-reactive ketones (excluding diaryl/α,β-unsaturated/α-hetero) is 1. The monoisotopic (exact) mass is 320 g/mol. The van der Waals surface area contributed by atoms with Crippen LogP contribution in [-0.4, -0.2) is 10.1 Å². The Morgan fingerprint density at radius 1 is 1.29 bits per heavy atom. The molecule has 0 bridgehead atoms. The largest absolute Gasteiger partial charge is 0.288 e. The van der Waals surface area contributed by atoms with Crippen molar-refractivity contribution >= 4 is 37.6 Å². The van der Waals surface area contributed by atoms with Gasteiger partial charge in [-0.1, -0.05) is 42.8 Å². The molecule has 1 nitrogen and oxygen atoms in total. The summed E-state index contributed by atoms with van der Waals surface area (Å²) < 4.78 is 0.404. The van der Waals surface area contributed by atoms with Gasteiger partial charge in [-0.3, -0.25) is 4.79 Å². The van der Waals surface area contributed by atoms with E-state index in [4.69, 9.17) is 0 Å². The molecule has 3 heteroatoms. The lowest BCUT2D eigenvalue weighted by Crippen LogP contribution is -2.36. The van der Waals surface area contributed by atoms with Crippen LogP contribution in [0.3, 0.4) is 0 Å². The predicted molar refractivity (Wildman–Crippen MR) is 66.9 cm³/mol. The molecule has 14 heavy (non-hydrogen) atoms. The van der Waals surface area contributed by atoms with Crippen LogP contribution >= 0.6 is 31.9 Å². The van der Waals surface area contributed by atoms with Crippen LogP contribution in [0.4, 0.5) is 0 Å². The number of alkyl halides is 1. The quantitative estimate of drug-likeness (QED) is 0.617. The summed E-state index contributed by atoms with van der Waals surface area (Å²) in [6.07, 6.45) is 3.92. The van der Waals surface area contributed by atoms with E-state index in [2.05, 4.69) is 52.6 Å². The highest BCUT2D eigenvalue weighted by molar-refractivity contribution is 9.12. The normalized spacial score (nSPS) is 28.6. The highest BCUT2D eigenvalue weighted by atomic mass is 79.9. The van der Waals surface area contributed by atoms with Crippen molar-refractivity contribution in [3.63, 3.8) is 0 Å². The number of allylic oxidation sites excluding steroid dienone is 4. The van der Waals surface area contributed by atoms with Gasteiger partial charge in [-0.15, -0.1) is 0 Å². The fourth-order valence-corrected chi connectivity index (χ4v) is 2.85. The Balaban J connectivity index is 3.23. The van der Waals surface area contributed by atoms with Gasteiger partial charge in [0, 0.05) is 0 Å². The molecule has 0 N–H and O–H groups in total. The van der Waals surface area contributed by atoms with Crippen LogP contribution in [0.1, 0.15) is 27.7 Å². The van der Waals surface area contributed by atoms with E-state index in [0.717, 1.165) is 5.57 Å². The first-order chi connectivity index (χ1) is 6.17. The molecular weight excluding hydrogens is 308 g/mol. The number of halogens is 2. The third-order valence-corrected chi connectivity index (χ3v) is 4.72. The summed E-state index contributed by atoms with van der Waals surface area (Å²) in [4.78, 5) is 11.5. The van der Waals surface area contributed by atoms with Gasteiger partial charge in [-0.05, 0) is 39.9 Å². The standard InChI is InChI=1S/C11H14Br2O/c1-7-5-11(13,10(2,3)4)6-8(12)9(7)14/h5-6H,1-4H3. The molecule has 78 valence electrons. The second-order valence-corrected chi connectivity index (χ2v) is 6.83. The first-order valence-electron chi connectivity index (χ1n) is 4.49. The Labute approximate surface area is 102 Å². The van der Waals surface area contributed by atoms with Crippen LogP contribution in [-0.2, 0) is 4.79 Å². The molecule has 0 saturated carbocycles. The Hall–Kier alpha value is 0.110. The van der Waals surface area contributed by atoms with Gasteiger partial charge in [0.1, 0.15) is 0 Å². The van der Waals surface area contributed by atoms with Gasteiger partial charge in [-0.25, -0.2) is 0 Å². The van der Waals surface area contributed by atoms with Crippen LogP contribution in [0.15, 0.2) is 22.2 Å². The van der Waals surface area contributed by atoms with E-state index in [1.807, 2.05) is 19.1 Å². The SMILES string of the molecule is CC1=CC(Br)(C(C)(C)C)C=C(Br)C1=O. The molecule has 0 aromatic carbocycles. The lowest BCUT2D eigenvalue weighted by Gasteiger charge is -2.37. The molecule has 0 aromatic rings. The van der Waals surface area contributed by atoms with Gasteiger partial charge in [0.15, 0.2) is 5.78 Å². The minimum Gasteiger partial charge on any atom is -0.288 e. The molecule has 0 heterocycles. The molecule has 0 radical (unpaired) electrons. The molecule has 1 rings (SSSR count). The zero-order valence-electron chi connectivity index (χ0n) is 8.82. The molecule has 0 spiro atoms. The Bertz CT molecular complexity index is 310. The minimum absolute atomic E-state index is 0.0357. The van der Waals surface area contributed by atoms with Gasteiger partial charge in [0.2, 0.25) is 0 Å². The predicted octanol–water partition coefficient (Wildman–Crippen LogP) is 3.97. The summed E-state index contributed by atoms with van der Waals surface area (Å²) in [5, 5.41) is 0. The molecule has 0 amide bonds. The maximum atomic E-state index is 11.5.